The number of ether oxygens (including phenoxy) is 1. The number of esters is 1. The van der Waals surface area contributed by atoms with Crippen LogP contribution in [0.15, 0.2) is 40.2 Å². The molecular formula is C11H8BrNO2S. The maximum atomic E-state index is 11.7. The molecule has 1 aromatic heterocycles. The minimum absolute atomic E-state index is 0.410. The third-order valence-electron chi connectivity index (χ3n) is 1.94. The Morgan fingerprint density at radius 2 is 1.94 bits per heavy atom. The highest BCUT2D eigenvalue weighted by atomic mass is 79.9. The van der Waals surface area contributed by atoms with E-state index in [0.29, 0.717) is 16.3 Å². The SMILES string of the molecule is Nc1sccc1C(=O)Oc1ccc(Br)cc1. The van der Waals surface area contributed by atoms with Gasteiger partial charge in [0.25, 0.3) is 0 Å². The van der Waals surface area contributed by atoms with Gasteiger partial charge in [0.05, 0.1) is 5.56 Å². The van der Waals surface area contributed by atoms with Gasteiger partial charge in [-0.15, -0.1) is 11.3 Å². The number of rotatable bonds is 2. The average molecular weight is 298 g/mol. The molecule has 3 nitrogen and oxygen atoms in total. The molecule has 2 rings (SSSR count). The van der Waals surface area contributed by atoms with Crippen LogP contribution in [0, 0.1) is 0 Å². The Morgan fingerprint density at radius 1 is 1.25 bits per heavy atom. The highest BCUT2D eigenvalue weighted by Gasteiger charge is 2.12. The molecule has 0 unspecified atom stereocenters. The van der Waals surface area contributed by atoms with Gasteiger partial charge < -0.3 is 10.5 Å². The average Bonchev–Trinajstić information content (AvgIpc) is 2.68. The molecular weight excluding hydrogens is 290 g/mol. The molecule has 82 valence electrons. The molecule has 0 saturated carbocycles. The lowest BCUT2D eigenvalue weighted by Crippen LogP contribution is -2.09. The van der Waals surface area contributed by atoms with Crippen LogP contribution >= 0.6 is 27.3 Å². The van der Waals surface area contributed by atoms with E-state index < -0.39 is 5.97 Å². The fraction of sp³-hybridized carbons (Fsp3) is 0. The van der Waals surface area contributed by atoms with E-state index in [2.05, 4.69) is 15.9 Å². The standard InChI is InChI=1S/C11H8BrNO2S/c12-7-1-3-8(4-2-7)15-11(14)9-5-6-16-10(9)13/h1-6H,13H2. The summed E-state index contributed by atoms with van der Waals surface area (Å²) in [6, 6.07) is 8.69. The second-order valence-electron chi connectivity index (χ2n) is 3.04. The summed E-state index contributed by atoms with van der Waals surface area (Å²) in [6.07, 6.45) is 0. The van der Waals surface area contributed by atoms with Gasteiger partial charge >= 0.3 is 5.97 Å². The molecule has 0 aliphatic rings. The number of carbonyl (C=O) groups excluding carboxylic acids is 1. The van der Waals surface area contributed by atoms with E-state index in [0.717, 1.165) is 4.47 Å². The number of anilines is 1. The largest absolute Gasteiger partial charge is 0.423 e. The topological polar surface area (TPSA) is 52.3 Å². The number of thiophene rings is 1. The second-order valence-corrected chi connectivity index (χ2v) is 4.91. The molecule has 0 fully saturated rings. The number of benzene rings is 1. The number of halogens is 1. The summed E-state index contributed by atoms with van der Waals surface area (Å²) in [5.41, 5.74) is 6.04. The predicted molar refractivity (Wildman–Crippen MR) is 67.8 cm³/mol. The Labute approximate surface area is 105 Å². The number of hydrogen-bond acceptors (Lipinski definition) is 4. The monoisotopic (exact) mass is 297 g/mol. The maximum absolute atomic E-state index is 11.7. The van der Waals surface area contributed by atoms with Gasteiger partial charge in [0, 0.05) is 4.47 Å². The fourth-order valence-corrected chi connectivity index (χ4v) is 2.05. The van der Waals surface area contributed by atoms with Crippen LogP contribution in [0.2, 0.25) is 0 Å². The Kier molecular flexibility index (Phi) is 3.26. The van der Waals surface area contributed by atoms with Crippen LogP contribution in [-0.4, -0.2) is 5.97 Å². The van der Waals surface area contributed by atoms with Gasteiger partial charge in [-0.1, -0.05) is 15.9 Å². The molecule has 0 saturated heterocycles. The van der Waals surface area contributed by atoms with E-state index in [-0.39, 0.29) is 0 Å². The van der Waals surface area contributed by atoms with Gasteiger partial charge in [0.1, 0.15) is 10.8 Å². The molecule has 0 atom stereocenters. The van der Waals surface area contributed by atoms with Crippen molar-refractivity contribution in [1.82, 2.24) is 0 Å². The van der Waals surface area contributed by atoms with Crippen LogP contribution in [0.3, 0.4) is 0 Å². The van der Waals surface area contributed by atoms with E-state index in [1.54, 1.807) is 35.7 Å². The fourth-order valence-electron chi connectivity index (χ4n) is 1.15. The molecule has 0 bridgehead atoms. The van der Waals surface area contributed by atoms with Crippen molar-refractivity contribution in [3.63, 3.8) is 0 Å². The molecule has 0 amide bonds. The molecule has 5 heteroatoms. The van der Waals surface area contributed by atoms with E-state index in [9.17, 15) is 4.79 Å². The lowest BCUT2D eigenvalue weighted by atomic mass is 10.3. The smallest absolute Gasteiger partial charge is 0.346 e. The summed E-state index contributed by atoms with van der Waals surface area (Å²) in [5.74, 6) is 0.0693. The first-order valence-electron chi connectivity index (χ1n) is 4.47. The van der Waals surface area contributed by atoms with Crippen molar-refractivity contribution in [1.29, 1.82) is 0 Å². The van der Waals surface area contributed by atoms with Crippen LogP contribution < -0.4 is 10.5 Å². The molecule has 2 N–H and O–H groups in total. The van der Waals surface area contributed by atoms with Crippen LogP contribution in [0.5, 0.6) is 5.75 Å². The molecule has 1 aromatic carbocycles. The van der Waals surface area contributed by atoms with Crippen molar-refractivity contribution in [2.24, 2.45) is 0 Å². The summed E-state index contributed by atoms with van der Waals surface area (Å²) in [5, 5.41) is 2.23. The highest BCUT2D eigenvalue weighted by Crippen LogP contribution is 2.22. The molecule has 0 radical (unpaired) electrons. The first kappa shape index (κ1) is 11.2. The third-order valence-corrected chi connectivity index (χ3v) is 3.21. The molecule has 0 spiro atoms. The van der Waals surface area contributed by atoms with Gasteiger partial charge in [-0.05, 0) is 35.7 Å². The summed E-state index contributed by atoms with van der Waals surface area (Å²) in [4.78, 5) is 11.7. The summed E-state index contributed by atoms with van der Waals surface area (Å²) >= 11 is 4.62. The van der Waals surface area contributed by atoms with Crippen LogP contribution in [0.4, 0.5) is 5.00 Å². The van der Waals surface area contributed by atoms with Crippen molar-refractivity contribution < 1.29 is 9.53 Å². The van der Waals surface area contributed by atoms with E-state index >= 15 is 0 Å². The quantitative estimate of drug-likeness (QED) is 0.683. The summed E-state index contributed by atoms with van der Waals surface area (Å²) < 4.78 is 6.09. The zero-order valence-corrected chi connectivity index (χ0v) is 10.5. The molecule has 2 aromatic rings. The first-order chi connectivity index (χ1) is 7.66. The lowest BCUT2D eigenvalue weighted by molar-refractivity contribution is 0.0736. The van der Waals surface area contributed by atoms with Crippen LogP contribution in [0.1, 0.15) is 10.4 Å². The van der Waals surface area contributed by atoms with Gasteiger partial charge in [0.2, 0.25) is 0 Å². The van der Waals surface area contributed by atoms with Gasteiger partial charge in [0.15, 0.2) is 0 Å². The minimum atomic E-state index is -0.430. The Hall–Kier alpha value is -1.33. The maximum Gasteiger partial charge on any atom is 0.346 e. The van der Waals surface area contributed by atoms with Crippen molar-refractivity contribution in [3.8, 4) is 5.75 Å². The second kappa shape index (κ2) is 4.67. The molecule has 0 aliphatic heterocycles. The Bertz CT molecular complexity index is 507. The number of carbonyl (C=O) groups is 1. The Balaban J connectivity index is 2.14. The van der Waals surface area contributed by atoms with Crippen molar-refractivity contribution in [2.45, 2.75) is 0 Å². The molecule has 1 heterocycles. The van der Waals surface area contributed by atoms with E-state index in [1.807, 2.05) is 0 Å². The molecule has 16 heavy (non-hydrogen) atoms. The van der Waals surface area contributed by atoms with E-state index in [1.165, 1.54) is 11.3 Å². The van der Waals surface area contributed by atoms with Crippen LogP contribution in [-0.2, 0) is 0 Å². The van der Waals surface area contributed by atoms with Crippen molar-refractivity contribution >= 4 is 38.2 Å². The number of hydrogen-bond donors (Lipinski definition) is 1. The number of nitrogens with two attached hydrogens (primary N) is 1. The highest BCUT2D eigenvalue weighted by molar-refractivity contribution is 9.10. The molecule has 0 aliphatic carbocycles. The van der Waals surface area contributed by atoms with Gasteiger partial charge in [-0.25, -0.2) is 4.79 Å². The first-order valence-corrected chi connectivity index (χ1v) is 6.15. The predicted octanol–water partition coefficient (Wildman–Crippen LogP) is 3.31. The lowest BCUT2D eigenvalue weighted by Gasteiger charge is -2.03. The minimum Gasteiger partial charge on any atom is -0.423 e. The van der Waals surface area contributed by atoms with E-state index in [4.69, 9.17) is 10.5 Å². The zero-order chi connectivity index (χ0) is 11.5. The zero-order valence-electron chi connectivity index (χ0n) is 8.14. The third kappa shape index (κ3) is 2.43. The van der Waals surface area contributed by atoms with Crippen molar-refractivity contribution in [2.75, 3.05) is 5.73 Å². The van der Waals surface area contributed by atoms with Gasteiger partial charge in [-0.3, -0.25) is 0 Å². The van der Waals surface area contributed by atoms with Gasteiger partial charge in [-0.2, -0.15) is 0 Å². The van der Waals surface area contributed by atoms with Crippen molar-refractivity contribution in [3.05, 3.63) is 45.7 Å². The summed E-state index contributed by atoms with van der Waals surface area (Å²) in [7, 11) is 0. The normalized spacial score (nSPS) is 10.1. The Morgan fingerprint density at radius 3 is 2.50 bits per heavy atom. The number of nitrogen functional groups attached to an aromatic ring is 1. The van der Waals surface area contributed by atoms with Crippen LogP contribution in [0.25, 0.3) is 0 Å². The summed E-state index contributed by atoms with van der Waals surface area (Å²) in [6.45, 7) is 0.